The van der Waals surface area contributed by atoms with E-state index in [1.54, 1.807) is 0 Å². The lowest BCUT2D eigenvalue weighted by Gasteiger charge is -2.12. The van der Waals surface area contributed by atoms with Crippen molar-refractivity contribution >= 4 is 21.4 Å². The van der Waals surface area contributed by atoms with E-state index in [9.17, 15) is 17.6 Å². The number of anilines is 1. The summed E-state index contributed by atoms with van der Waals surface area (Å²) in [6.07, 6.45) is 1.01. The minimum absolute atomic E-state index is 0.0742. The minimum Gasteiger partial charge on any atom is -0.483 e. The number of sulfone groups is 1. The highest BCUT2D eigenvalue weighted by Crippen LogP contribution is 2.23. The molecule has 2 aromatic carbocycles. The number of rotatable bonds is 5. The number of hydrogen-bond donors (Lipinski definition) is 1. The molecular formula is C17H18FNO4S. The molecule has 0 aliphatic carbocycles. The maximum atomic E-state index is 13.8. The Hall–Kier alpha value is -2.41. The Morgan fingerprint density at radius 2 is 1.79 bits per heavy atom. The van der Waals surface area contributed by atoms with Crippen molar-refractivity contribution in [2.45, 2.75) is 18.7 Å². The van der Waals surface area contributed by atoms with Gasteiger partial charge in [-0.25, -0.2) is 12.8 Å². The van der Waals surface area contributed by atoms with E-state index in [4.69, 9.17) is 4.74 Å². The highest BCUT2D eigenvalue weighted by Gasteiger charge is 2.14. The van der Waals surface area contributed by atoms with Crippen molar-refractivity contribution < 1.29 is 22.3 Å². The average Bonchev–Trinajstić information content (AvgIpc) is 2.48. The standard InChI is InChI=1S/C17H18FNO4S/c1-11-5-4-6-12(2)17(11)23-10-16(20)19-15-9-13(24(3,21)22)7-8-14(15)18/h4-9H,10H2,1-3H3,(H,19,20). The number of halogens is 1. The van der Waals surface area contributed by atoms with Gasteiger partial charge in [0.15, 0.2) is 16.4 Å². The molecule has 0 radical (unpaired) electrons. The molecule has 7 heteroatoms. The van der Waals surface area contributed by atoms with Gasteiger partial charge in [0.1, 0.15) is 11.6 Å². The first-order chi connectivity index (χ1) is 11.2. The summed E-state index contributed by atoms with van der Waals surface area (Å²) >= 11 is 0. The predicted octanol–water partition coefficient (Wildman–Crippen LogP) is 2.86. The SMILES string of the molecule is Cc1cccc(C)c1OCC(=O)Nc1cc(S(C)(=O)=O)ccc1F. The van der Waals surface area contributed by atoms with Crippen LogP contribution in [0.25, 0.3) is 0 Å². The van der Waals surface area contributed by atoms with Crippen LogP contribution in [0, 0.1) is 19.7 Å². The normalized spacial score (nSPS) is 11.2. The van der Waals surface area contributed by atoms with Gasteiger partial charge in [0.05, 0.1) is 10.6 Å². The van der Waals surface area contributed by atoms with Gasteiger partial charge in [-0.05, 0) is 43.2 Å². The summed E-state index contributed by atoms with van der Waals surface area (Å²) in [6, 6.07) is 8.82. The Morgan fingerprint density at radius 1 is 1.17 bits per heavy atom. The lowest BCUT2D eigenvalue weighted by molar-refractivity contribution is -0.118. The summed E-state index contributed by atoms with van der Waals surface area (Å²) in [6.45, 7) is 3.40. The maximum Gasteiger partial charge on any atom is 0.262 e. The van der Waals surface area contributed by atoms with Crippen LogP contribution in [0.4, 0.5) is 10.1 Å². The number of ether oxygens (including phenoxy) is 1. The average molecular weight is 351 g/mol. The topological polar surface area (TPSA) is 72.5 Å². The van der Waals surface area contributed by atoms with E-state index in [2.05, 4.69) is 5.32 Å². The second-order valence-electron chi connectivity index (χ2n) is 5.47. The lowest BCUT2D eigenvalue weighted by atomic mass is 10.1. The zero-order valence-corrected chi connectivity index (χ0v) is 14.4. The maximum absolute atomic E-state index is 13.8. The van der Waals surface area contributed by atoms with Gasteiger partial charge >= 0.3 is 0 Å². The first-order valence-corrected chi connectivity index (χ1v) is 9.06. The zero-order chi connectivity index (χ0) is 17.9. The van der Waals surface area contributed by atoms with Crippen LogP contribution in [-0.4, -0.2) is 27.2 Å². The van der Waals surface area contributed by atoms with Crippen molar-refractivity contribution in [2.75, 3.05) is 18.2 Å². The fraction of sp³-hybridized carbons (Fsp3) is 0.235. The number of carbonyl (C=O) groups is 1. The Balaban J connectivity index is 2.10. The van der Waals surface area contributed by atoms with E-state index >= 15 is 0 Å². The third-order valence-electron chi connectivity index (χ3n) is 3.40. The summed E-state index contributed by atoms with van der Waals surface area (Å²) in [7, 11) is -3.49. The second-order valence-corrected chi connectivity index (χ2v) is 7.49. The third-order valence-corrected chi connectivity index (χ3v) is 4.51. The molecule has 0 spiro atoms. The summed E-state index contributed by atoms with van der Waals surface area (Å²) < 4.78 is 42.3. The van der Waals surface area contributed by atoms with Crippen LogP contribution >= 0.6 is 0 Å². The molecule has 0 aliphatic rings. The summed E-state index contributed by atoms with van der Waals surface area (Å²) in [5.41, 5.74) is 1.56. The molecule has 0 unspecified atom stereocenters. The molecule has 0 aromatic heterocycles. The van der Waals surface area contributed by atoms with Gasteiger partial charge in [-0.15, -0.1) is 0 Å². The van der Waals surface area contributed by atoms with E-state index in [1.165, 1.54) is 0 Å². The number of carbonyl (C=O) groups excluding carboxylic acids is 1. The van der Waals surface area contributed by atoms with E-state index in [-0.39, 0.29) is 17.2 Å². The minimum atomic E-state index is -3.49. The Morgan fingerprint density at radius 3 is 2.38 bits per heavy atom. The first kappa shape index (κ1) is 17.9. The molecule has 5 nitrogen and oxygen atoms in total. The zero-order valence-electron chi connectivity index (χ0n) is 13.6. The van der Waals surface area contributed by atoms with Crippen LogP contribution in [0.2, 0.25) is 0 Å². The smallest absolute Gasteiger partial charge is 0.262 e. The Bertz CT molecular complexity index is 858. The molecule has 0 heterocycles. The van der Waals surface area contributed by atoms with E-state index < -0.39 is 21.6 Å². The molecule has 2 aromatic rings. The quantitative estimate of drug-likeness (QED) is 0.841. The largest absolute Gasteiger partial charge is 0.483 e. The van der Waals surface area contributed by atoms with Crippen molar-refractivity contribution in [2.24, 2.45) is 0 Å². The van der Waals surface area contributed by atoms with Crippen LogP contribution in [0.3, 0.4) is 0 Å². The lowest BCUT2D eigenvalue weighted by Crippen LogP contribution is -2.21. The van der Waals surface area contributed by atoms with Gasteiger partial charge in [-0.1, -0.05) is 18.2 Å². The molecule has 0 saturated heterocycles. The Kier molecular flexibility index (Phi) is 5.23. The molecule has 0 saturated carbocycles. The van der Waals surface area contributed by atoms with Gasteiger partial charge < -0.3 is 10.1 Å². The number of amides is 1. The fourth-order valence-corrected chi connectivity index (χ4v) is 2.83. The van der Waals surface area contributed by atoms with Crippen LogP contribution in [-0.2, 0) is 14.6 Å². The monoisotopic (exact) mass is 351 g/mol. The Labute approximate surface area is 140 Å². The first-order valence-electron chi connectivity index (χ1n) is 7.17. The molecule has 1 amide bonds. The van der Waals surface area contributed by atoms with Crippen molar-refractivity contribution in [3.05, 3.63) is 53.3 Å². The highest BCUT2D eigenvalue weighted by molar-refractivity contribution is 7.90. The van der Waals surface area contributed by atoms with Gasteiger partial charge in [-0.3, -0.25) is 4.79 Å². The highest BCUT2D eigenvalue weighted by atomic mass is 32.2. The number of hydrogen-bond acceptors (Lipinski definition) is 4. The third kappa shape index (κ3) is 4.32. The summed E-state index contributed by atoms with van der Waals surface area (Å²) in [5.74, 6) is -0.706. The van der Waals surface area contributed by atoms with Crippen molar-refractivity contribution in [3.8, 4) is 5.75 Å². The van der Waals surface area contributed by atoms with Crippen LogP contribution in [0.1, 0.15) is 11.1 Å². The molecule has 24 heavy (non-hydrogen) atoms. The van der Waals surface area contributed by atoms with Crippen LogP contribution in [0.5, 0.6) is 5.75 Å². The van der Waals surface area contributed by atoms with E-state index in [1.807, 2.05) is 32.0 Å². The number of para-hydroxylation sites is 1. The van der Waals surface area contributed by atoms with Gasteiger partial charge in [0, 0.05) is 6.26 Å². The van der Waals surface area contributed by atoms with Crippen molar-refractivity contribution in [1.29, 1.82) is 0 Å². The summed E-state index contributed by atoms with van der Waals surface area (Å²) in [5, 5.41) is 2.33. The predicted molar refractivity (Wildman–Crippen MR) is 89.6 cm³/mol. The second kappa shape index (κ2) is 7.00. The van der Waals surface area contributed by atoms with Gasteiger partial charge in [0.2, 0.25) is 0 Å². The van der Waals surface area contributed by atoms with Crippen LogP contribution < -0.4 is 10.1 Å². The molecule has 1 N–H and O–H groups in total. The van der Waals surface area contributed by atoms with E-state index in [0.717, 1.165) is 35.6 Å². The fourth-order valence-electron chi connectivity index (χ4n) is 2.18. The number of aryl methyl sites for hydroxylation is 2. The molecule has 0 atom stereocenters. The molecule has 0 fully saturated rings. The number of nitrogens with one attached hydrogen (secondary N) is 1. The van der Waals surface area contributed by atoms with Gasteiger partial charge in [0.25, 0.3) is 5.91 Å². The van der Waals surface area contributed by atoms with Gasteiger partial charge in [-0.2, -0.15) is 0 Å². The molecule has 0 bridgehead atoms. The van der Waals surface area contributed by atoms with E-state index in [0.29, 0.717) is 5.75 Å². The van der Waals surface area contributed by atoms with Crippen molar-refractivity contribution in [1.82, 2.24) is 0 Å². The molecule has 0 aliphatic heterocycles. The molecule has 2 rings (SSSR count). The number of benzene rings is 2. The van der Waals surface area contributed by atoms with Crippen molar-refractivity contribution in [3.63, 3.8) is 0 Å². The van der Waals surface area contributed by atoms with Crippen LogP contribution in [0.15, 0.2) is 41.3 Å². The summed E-state index contributed by atoms with van der Waals surface area (Å²) in [4.78, 5) is 11.9. The molecule has 128 valence electrons. The molecular weight excluding hydrogens is 333 g/mol.